The maximum Gasteiger partial charge on any atom is 0.256 e. The molecule has 0 aliphatic carbocycles. The van der Waals surface area contributed by atoms with Gasteiger partial charge in [-0.15, -0.1) is 0 Å². The lowest BCUT2D eigenvalue weighted by atomic mass is 9.96. The highest BCUT2D eigenvalue weighted by molar-refractivity contribution is 6.30. The fourth-order valence-electron chi connectivity index (χ4n) is 4.46. The van der Waals surface area contributed by atoms with Crippen molar-refractivity contribution < 1.29 is 18.8 Å². The molecule has 3 amide bonds. The number of para-hydroxylation sites is 1. The summed E-state index contributed by atoms with van der Waals surface area (Å²) in [4.78, 5) is 45.9. The summed E-state index contributed by atoms with van der Waals surface area (Å²) in [6.45, 7) is 3.17. The SMILES string of the molecule is CN(CC[C@H]1C(=O)Nc2ccccc21)C(=O)[C@H](CC(C)(C)F)N1Cc2ncc(Cl)cc2C1=O. The molecule has 174 valence electrons. The first-order chi connectivity index (χ1) is 15.5. The first-order valence-electron chi connectivity index (χ1n) is 10.8. The molecule has 1 aromatic carbocycles. The van der Waals surface area contributed by atoms with Gasteiger partial charge in [-0.05, 0) is 38.0 Å². The van der Waals surface area contributed by atoms with Gasteiger partial charge >= 0.3 is 0 Å². The van der Waals surface area contributed by atoms with Gasteiger partial charge in [0.25, 0.3) is 5.91 Å². The van der Waals surface area contributed by atoms with Crippen LogP contribution in [0.5, 0.6) is 0 Å². The van der Waals surface area contributed by atoms with Crippen molar-refractivity contribution >= 4 is 35.0 Å². The fourth-order valence-corrected chi connectivity index (χ4v) is 4.62. The van der Waals surface area contributed by atoms with E-state index < -0.39 is 11.7 Å². The van der Waals surface area contributed by atoms with Crippen molar-refractivity contribution in [3.63, 3.8) is 0 Å². The minimum Gasteiger partial charge on any atom is -0.344 e. The summed E-state index contributed by atoms with van der Waals surface area (Å²) in [5.74, 6) is -1.23. The Morgan fingerprint density at radius 3 is 2.82 bits per heavy atom. The highest BCUT2D eigenvalue weighted by atomic mass is 35.5. The summed E-state index contributed by atoms with van der Waals surface area (Å²) in [7, 11) is 1.61. The number of carbonyl (C=O) groups excluding carboxylic acids is 3. The first kappa shape index (κ1) is 23.2. The second-order valence-electron chi connectivity index (χ2n) is 9.20. The third-order valence-electron chi connectivity index (χ3n) is 6.13. The van der Waals surface area contributed by atoms with Gasteiger partial charge in [0, 0.05) is 31.9 Å². The van der Waals surface area contributed by atoms with Crippen LogP contribution < -0.4 is 5.32 Å². The average molecular weight is 473 g/mol. The van der Waals surface area contributed by atoms with Gasteiger partial charge in [-0.3, -0.25) is 19.4 Å². The molecule has 9 heteroatoms. The number of amides is 3. The molecule has 33 heavy (non-hydrogen) atoms. The molecule has 1 aromatic heterocycles. The Bertz CT molecular complexity index is 1120. The lowest BCUT2D eigenvalue weighted by molar-refractivity contribution is -0.136. The average Bonchev–Trinajstić information content (AvgIpc) is 3.25. The van der Waals surface area contributed by atoms with Crippen LogP contribution in [0.15, 0.2) is 36.5 Å². The number of likely N-dealkylation sites (N-methyl/N-ethyl adjacent to an activating group) is 1. The number of carbonyl (C=O) groups is 3. The largest absolute Gasteiger partial charge is 0.344 e. The second kappa shape index (κ2) is 8.74. The Morgan fingerprint density at radius 2 is 2.09 bits per heavy atom. The maximum atomic E-state index is 14.7. The summed E-state index contributed by atoms with van der Waals surface area (Å²) in [5.41, 5.74) is 0.855. The number of rotatable bonds is 7. The van der Waals surface area contributed by atoms with Crippen LogP contribution in [-0.2, 0) is 16.1 Å². The van der Waals surface area contributed by atoms with Crippen LogP contribution in [0.1, 0.15) is 54.2 Å². The van der Waals surface area contributed by atoms with Crippen LogP contribution in [0.2, 0.25) is 5.02 Å². The molecule has 2 aliphatic heterocycles. The lowest BCUT2D eigenvalue weighted by Gasteiger charge is -2.33. The van der Waals surface area contributed by atoms with E-state index in [1.54, 1.807) is 7.05 Å². The summed E-state index contributed by atoms with van der Waals surface area (Å²) in [6, 6.07) is 7.99. The van der Waals surface area contributed by atoms with Crippen molar-refractivity contribution in [3.8, 4) is 0 Å². The van der Waals surface area contributed by atoms with E-state index in [0.717, 1.165) is 11.3 Å². The number of anilines is 1. The van der Waals surface area contributed by atoms with Crippen LogP contribution >= 0.6 is 11.6 Å². The van der Waals surface area contributed by atoms with Gasteiger partial charge in [0.05, 0.1) is 28.7 Å². The van der Waals surface area contributed by atoms with Crippen LogP contribution in [0.3, 0.4) is 0 Å². The molecule has 0 unspecified atom stereocenters. The van der Waals surface area contributed by atoms with E-state index in [4.69, 9.17) is 11.6 Å². The second-order valence-corrected chi connectivity index (χ2v) is 9.63. The molecule has 2 aliphatic rings. The number of pyridine rings is 1. The summed E-state index contributed by atoms with van der Waals surface area (Å²) in [6.07, 6.45) is 1.71. The number of halogens is 2. The standard InChI is InChI=1S/C24H26ClFN4O3/c1-24(2,26)11-20(30-13-19-17(22(30)32)10-14(25)12-27-19)23(33)29(3)9-8-16-15-6-4-5-7-18(15)28-21(16)31/h4-7,10,12,16,20H,8-9,11,13H2,1-3H3,(H,28,31)/t16-,20+/m1/s1. The number of hydrogen-bond donors (Lipinski definition) is 1. The van der Waals surface area contributed by atoms with Gasteiger partial charge in [0.15, 0.2) is 0 Å². The number of aromatic nitrogens is 1. The predicted octanol–water partition coefficient (Wildman–Crippen LogP) is 3.78. The summed E-state index contributed by atoms with van der Waals surface area (Å²) in [5, 5.41) is 3.18. The Morgan fingerprint density at radius 1 is 1.36 bits per heavy atom. The molecule has 7 nitrogen and oxygen atoms in total. The van der Waals surface area contributed by atoms with E-state index in [-0.39, 0.29) is 43.1 Å². The topological polar surface area (TPSA) is 82.6 Å². The van der Waals surface area contributed by atoms with Crippen LogP contribution in [0, 0.1) is 0 Å². The molecule has 2 atom stereocenters. The van der Waals surface area contributed by atoms with Crippen molar-refractivity contribution in [2.75, 3.05) is 18.9 Å². The molecule has 2 aromatic rings. The number of alkyl halides is 1. The van der Waals surface area contributed by atoms with Gasteiger partial charge in [0.1, 0.15) is 11.7 Å². The van der Waals surface area contributed by atoms with Gasteiger partial charge < -0.3 is 15.1 Å². The Labute approximate surface area is 196 Å². The van der Waals surface area contributed by atoms with E-state index >= 15 is 0 Å². The third kappa shape index (κ3) is 4.71. The molecular weight excluding hydrogens is 447 g/mol. The Hall–Kier alpha value is -3.00. The predicted molar refractivity (Wildman–Crippen MR) is 123 cm³/mol. The van der Waals surface area contributed by atoms with Crippen molar-refractivity contribution in [3.05, 3.63) is 58.4 Å². The zero-order chi connectivity index (χ0) is 23.9. The van der Waals surface area contributed by atoms with E-state index in [0.29, 0.717) is 22.7 Å². The Kier molecular flexibility index (Phi) is 6.14. The van der Waals surface area contributed by atoms with Crippen LogP contribution in [-0.4, -0.2) is 57.8 Å². The summed E-state index contributed by atoms with van der Waals surface area (Å²) < 4.78 is 14.7. The lowest BCUT2D eigenvalue weighted by Crippen LogP contribution is -2.50. The number of benzene rings is 1. The van der Waals surface area contributed by atoms with Crippen molar-refractivity contribution in [2.45, 2.75) is 50.9 Å². The maximum absolute atomic E-state index is 14.7. The molecule has 0 saturated heterocycles. The smallest absolute Gasteiger partial charge is 0.256 e. The molecule has 4 rings (SSSR count). The quantitative estimate of drug-likeness (QED) is 0.664. The van der Waals surface area contributed by atoms with E-state index in [9.17, 15) is 18.8 Å². The minimum absolute atomic E-state index is 0.105. The minimum atomic E-state index is -1.68. The third-order valence-corrected chi connectivity index (χ3v) is 6.33. The van der Waals surface area contributed by atoms with Crippen molar-refractivity contribution in [1.82, 2.24) is 14.8 Å². The fraction of sp³-hybridized carbons (Fsp3) is 0.417. The van der Waals surface area contributed by atoms with E-state index in [1.165, 1.54) is 35.9 Å². The van der Waals surface area contributed by atoms with Gasteiger partial charge in [-0.2, -0.15) is 0 Å². The number of hydrogen-bond acceptors (Lipinski definition) is 4. The highest BCUT2D eigenvalue weighted by Crippen LogP contribution is 2.35. The number of fused-ring (bicyclic) bond motifs is 2. The summed E-state index contributed by atoms with van der Waals surface area (Å²) >= 11 is 5.99. The van der Waals surface area contributed by atoms with Crippen molar-refractivity contribution in [1.29, 1.82) is 0 Å². The van der Waals surface area contributed by atoms with Gasteiger partial charge in [-0.1, -0.05) is 29.8 Å². The van der Waals surface area contributed by atoms with Gasteiger partial charge in [-0.25, -0.2) is 4.39 Å². The van der Waals surface area contributed by atoms with Gasteiger partial charge in [0.2, 0.25) is 11.8 Å². The zero-order valence-electron chi connectivity index (χ0n) is 18.8. The molecule has 0 saturated carbocycles. The first-order valence-corrected chi connectivity index (χ1v) is 11.2. The molecule has 0 fully saturated rings. The molecule has 3 heterocycles. The van der Waals surface area contributed by atoms with E-state index in [1.807, 2.05) is 24.3 Å². The highest BCUT2D eigenvalue weighted by Gasteiger charge is 2.41. The number of nitrogens with zero attached hydrogens (tertiary/aromatic N) is 3. The molecule has 0 bridgehead atoms. The molecule has 0 spiro atoms. The number of nitrogens with one attached hydrogen (secondary N) is 1. The monoisotopic (exact) mass is 472 g/mol. The van der Waals surface area contributed by atoms with Crippen molar-refractivity contribution in [2.24, 2.45) is 0 Å². The molecular formula is C24H26ClFN4O3. The van der Waals surface area contributed by atoms with Crippen LogP contribution in [0.25, 0.3) is 0 Å². The molecule has 1 N–H and O–H groups in total. The van der Waals surface area contributed by atoms with E-state index in [2.05, 4.69) is 10.3 Å². The molecule has 0 radical (unpaired) electrons. The van der Waals surface area contributed by atoms with Crippen LogP contribution in [0.4, 0.5) is 10.1 Å². The normalized spacial score (nSPS) is 18.1. The zero-order valence-corrected chi connectivity index (χ0v) is 19.5. The Balaban J connectivity index is 1.50.